The summed E-state index contributed by atoms with van der Waals surface area (Å²) >= 11 is 0. The Morgan fingerprint density at radius 3 is 2.45 bits per heavy atom. The fourth-order valence-electron chi connectivity index (χ4n) is 0.794. The first kappa shape index (κ1) is 10.4. The summed E-state index contributed by atoms with van der Waals surface area (Å²) in [4.78, 5) is 10.9. The third-order valence-electron chi connectivity index (χ3n) is 1.61. The van der Waals surface area contributed by atoms with Gasteiger partial charge in [0.15, 0.2) is 0 Å². The minimum absolute atomic E-state index is 0.137. The summed E-state index contributed by atoms with van der Waals surface area (Å²) in [7, 11) is 3.25. The Kier molecular flexibility index (Phi) is 4.86. The lowest BCUT2D eigenvalue weighted by Crippen LogP contribution is -2.27. The van der Waals surface area contributed by atoms with Crippen molar-refractivity contribution < 1.29 is 9.53 Å². The van der Waals surface area contributed by atoms with Gasteiger partial charge in [-0.05, 0) is 20.4 Å². The molecule has 0 saturated heterocycles. The monoisotopic (exact) mass is 158 g/mol. The summed E-state index contributed by atoms with van der Waals surface area (Å²) in [5.74, 6) is -0.324. The molecule has 0 aliphatic rings. The van der Waals surface area contributed by atoms with Crippen LogP contribution in [0.25, 0.3) is 0 Å². The van der Waals surface area contributed by atoms with Crippen LogP contribution in [0.15, 0.2) is 0 Å². The van der Waals surface area contributed by atoms with Gasteiger partial charge in [0.2, 0.25) is 0 Å². The summed E-state index contributed by atoms with van der Waals surface area (Å²) in [6, 6.07) is 0.240. The molecule has 0 aromatic heterocycles. The smallest absolute Gasteiger partial charge is 0.308 e. The average molecular weight is 158 g/mol. The predicted octanol–water partition coefficient (Wildman–Crippen LogP) is 0.608. The molecule has 0 aliphatic carbocycles. The van der Waals surface area contributed by atoms with Crippen LogP contribution >= 0.6 is 0 Å². The van der Waals surface area contributed by atoms with Crippen LogP contribution in [0.5, 0.6) is 0 Å². The van der Waals surface area contributed by atoms with Crippen LogP contribution in [0.4, 0.5) is 0 Å². The molecular formula is C8H16NO2. The maximum absolute atomic E-state index is 10.9. The predicted molar refractivity (Wildman–Crippen MR) is 44.0 cm³/mol. The first-order chi connectivity index (χ1) is 5.11. The fraction of sp³-hybridized carbons (Fsp3) is 0.750. The Hall–Kier alpha value is -0.570. The van der Waals surface area contributed by atoms with Gasteiger partial charge >= 0.3 is 5.97 Å². The Labute approximate surface area is 68.1 Å². The van der Waals surface area contributed by atoms with Crippen molar-refractivity contribution in [3.63, 3.8) is 0 Å². The topological polar surface area (TPSA) is 38.3 Å². The standard InChI is InChI=1S/C8H16NO2/c1-6(8(10)11-4)5-7(2)9-3/h5-7,9H,1-4H3. The first-order valence-corrected chi connectivity index (χ1v) is 3.72. The van der Waals surface area contributed by atoms with Crippen molar-refractivity contribution in [1.82, 2.24) is 5.32 Å². The average Bonchev–Trinajstić information content (AvgIpc) is 2.02. The molecule has 1 radical (unpaired) electrons. The zero-order chi connectivity index (χ0) is 8.85. The summed E-state index contributed by atoms with van der Waals surface area (Å²) in [5.41, 5.74) is 0. The van der Waals surface area contributed by atoms with E-state index in [1.54, 1.807) is 0 Å². The number of esters is 1. The van der Waals surface area contributed by atoms with Gasteiger partial charge in [-0.1, -0.05) is 6.92 Å². The number of carbonyl (C=O) groups is 1. The van der Waals surface area contributed by atoms with E-state index < -0.39 is 0 Å². The maximum atomic E-state index is 10.9. The maximum Gasteiger partial charge on any atom is 0.308 e. The van der Waals surface area contributed by atoms with Crippen LogP contribution in [-0.2, 0) is 9.53 Å². The van der Waals surface area contributed by atoms with Crippen molar-refractivity contribution in [2.45, 2.75) is 19.9 Å². The van der Waals surface area contributed by atoms with E-state index >= 15 is 0 Å². The van der Waals surface area contributed by atoms with Crippen molar-refractivity contribution >= 4 is 5.97 Å². The van der Waals surface area contributed by atoms with E-state index in [1.807, 2.05) is 27.3 Å². The third-order valence-corrected chi connectivity index (χ3v) is 1.61. The van der Waals surface area contributed by atoms with E-state index in [1.165, 1.54) is 7.11 Å². The Balaban J connectivity index is 3.67. The van der Waals surface area contributed by atoms with Gasteiger partial charge in [-0.2, -0.15) is 0 Å². The van der Waals surface area contributed by atoms with E-state index in [9.17, 15) is 4.79 Å². The van der Waals surface area contributed by atoms with Crippen LogP contribution in [0.3, 0.4) is 0 Å². The lowest BCUT2D eigenvalue weighted by molar-refractivity contribution is -0.143. The molecule has 0 bridgehead atoms. The van der Waals surface area contributed by atoms with Gasteiger partial charge < -0.3 is 10.1 Å². The van der Waals surface area contributed by atoms with Gasteiger partial charge in [-0.3, -0.25) is 4.79 Å². The molecule has 0 aromatic rings. The normalized spacial score (nSPS) is 15.6. The molecule has 2 unspecified atom stereocenters. The molecule has 3 nitrogen and oxygen atoms in total. The number of hydrogen-bond donors (Lipinski definition) is 1. The van der Waals surface area contributed by atoms with E-state index in [4.69, 9.17) is 0 Å². The van der Waals surface area contributed by atoms with E-state index in [-0.39, 0.29) is 17.9 Å². The van der Waals surface area contributed by atoms with Crippen LogP contribution in [-0.4, -0.2) is 26.2 Å². The van der Waals surface area contributed by atoms with E-state index in [0.717, 1.165) is 0 Å². The second-order valence-corrected chi connectivity index (χ2v) is 2.58. The van der Waals surface area contributed by atoms with E-state index in [2.05, 4.69) is 10.1 Å². The van der Waals surface area contributed by atoms with Gasteiger partial charge in [-0.15, -0.1) is 0 Å². The highest BCUT2D eigenvalue weighted by Gasteiger charge is 2.15. The molecule has 0 amide bonds. The van der Waals surface area contributed by atoms with Crippen molar-refractivity contribution in [3.05, 3.63) is 6.42 Å². The van der Waals surface area contributed by atoms with Gasteiger partial charge in [0.1, 0.15) is 0 Å². The summed E-state index contributed by atoms with van der Waals surface area (Å²) in [6.45, 7) is 3.80. The van der Waals surface area contributed by atoms with Gasteiger partial charge in [0.05, 0.1) is 13.0 Å². The SMILES string of the molecule is CNC(C)[CH]C(C)C(=O)OC. The first-order valence-electron chi connectivity index (χ1n) is 3.72. The quantitative estimate of drug-likeness (QED) is 0.609. The largest absolute Gasteiger partial charge is 0.469 e. The highest BCUT2D eigenvalue weighted by atomic mass is 16.5. The van der Waals surface area contributed by atoms with Crippen LogP contribution in [0, 0.1) is 12.3 Å². The lowest BCUT2D eigenvalue weighted by atomic mass is 10.0. The van der Waals surface area contributed by atoms with Crippen molar-refractivity contribution in [2.75, 3.05) is 14.2 Å². The molecule has 0 rings (SSSR count). The molecule has 3 heteroatoms. The summed E-state index contributed by atoms with van der Waals surface area (Å²) in [5, 5.41) is 3.01. The molecule has 11 heavy (non-hydrogen) atoms. The number of hydrogen-bond acceptors (Lipinski definition) is 3. The van der Waals surface area contributed by atoms with Crippen molar-refractivity contribution in [3.8, 4) is 0 Å². The Morgan fingerprint density at radius 1 is 1.55 bits per heavy atom. The highest BCUT2D eigenvalue weighted by Crippen LogP contribution is 2.05. The molecule has 65 valence electrons. The second kappa shape index (κ2) is 5.13. The van der Waals surface area contributed by atoms with Gasteiger partial charge in [0.25, 0.3) is 0 Å². The summed E-state index contributed by atoms with van der Waals surface area (Å²) < 4.78 is 4.56. The Bertz CT molecular complexity index is 125. The Morgan fingerprint density at radius 2 is 2.09 bits per heavy atom. The van der Waals surface area contributed by atoms with Gasteiger partial charge in [-0.25, -0.2) is 0 Å². The minimum atomic E-state index is -0.188. The van der Waals surface area contributed by atoms with Crippen molar-refractivity contribution in [2.24, 2.45) is 5.92 Å². The molecule has 0 spiro atoms. The second-order valence-electron chi connectivity index (χ2n) is 2.58. The minimum Gasteiger partial charge on any atom is -0.469 e. The van der Waals surface area contributed by atoms with Crippen LogP contribution in [0.2, 0.25) is 0 Å². The zero-order valence-electron chi connectivity index (χ0n) is 7.55. The molecule has 0 fully saturated rings. The highest BCUT2D eigenvalue weighted by molar-refractivity contribution is 5.73. The lowest BCUT2D eigenvalue weighted by Gasteiger charge is -2.13. The number of nitrogens with one attached hydrogen (secondary N) is 1. The van der Waals surface area contributed by atoms with E-state index in [0.29, 0.717) is 0 Å². The molecule has 0 heterocycles. The molecule has 0 aromatic carbocycles. The van der Waals surface area contributed by atoms with Gasteiger partial charge in [0, 0.05) is 6.04 Å². The van der Waals surface area contributed by atoms with Crippen LogP contribution in [0.1, 0.15) is 13.8 Å². The molecule has 2 atom stereocenters. The number of ether oxygens (including phenoxy) is 1. The van der Waals surface area contributed by atoms with Crippen LogP contribution < -0.4 is 5.32 Å². The molecule has 0 aliphatic heterocycles. The number of carbonyl (C=O) groups excluding carboxylic acids is 1. The van der Waals surface area contributed by atoms with Crippen molar-refractivity contribution in [1.29, 1.82) is 0 Å². The molecule has 1 N–H and O–H groups in total. The zero-order valence-corrected chi connectivity index (χ0v) is 7.55. The number of rotatable bonds is 4. The summed E-state index contributed by atoms with van der Waals surface area (Å²) in [6.07, 6.45) is 1.91. The fourth-order valence-corrected chi connectivity index (χ4v) is 0.794. The number of methoxy groups -OCH3 is 1. The molecular weight excluding hydrogens is 142 g/mol. The molecule has 0 saturated carbocycles. The third kappa shape index (κ3) is 3.98.